The molecule has 0 radical (unpaired) electrons. The fourth-order valence-electron chi connectivity index (χ4n) is 2.34. The highest BCUT2D eigenvalue weighted by atomic mass is 16.5. The fourth-order valence-corrected chi connectivity index (χ4v) is 2.34. The fraction of sp³-hybridized carbons (Fsp3) is 0.733. The van der Waals surface area contributed by atoms with E-state index in [-0.39, 0.29) is 0 Å². The number of hydrogen-bond donors (Lipinski definition) is 1. The Morgan fingerprint density at radius 1 is 1.22 bits per heavy atom. The van der Waals surface area contributed by atoms with Gasteiger partial charge in [-0.05, 0) is 31.0 Å². The number of methoxy groups -OCH3 is 1. The van der Waals surface area contributed by atoms with Crippen molar-refractivity contribution < 1.29 is 9.15 Å². The van der Waals surface area contributed by atoms with Crippen LogP contribution >= 0.6 is 0 Å². The molecule has 1 rings (SSSR count). The molecule has 1 atom stereocenters. The second-order valence-corrected chi connectivity index (χ2v) is 4.75. The zero-order valence-electron chi connectivity index (χ0n) is 12.2. The van der Waals surface area contributed by atoms with Crippen LogP contribution in [0.4, 0.5) is 0 Å². The van der Waals surface area contributed by atoms with Crippen molar-refractivity contribution in [2.24, 2.45) is 5.92 Å². The molecule has 0 saturated heterocycles. The average Bonchev–Trinajstić information content (AvgIpc) is 2.83. The second kappa shape index (κ2) is 8.33. The van der Waals surface area contributed by atoms with Crippen molar-refractivity contribution in [1.82, 2.24) is 5.32 Å². The molecule has 0 saturated carbocycles. The van der Waals surface area contributed by atoms with Crippen LogP contribution in [0.25, 0.3) is 0 Å². The predicted molar refractivity (Wildman–Crippen MR) is 74.5 cm³/mol. The van der Waals surface area contributed by atoms with Gasteiger partial charge < -0.3 is 14.5 Å². The van der Waals surface area contributed by atoms with Crippen LogP contribution in [0, 0.1) is 5.92 Å². The van der Waals surface area contributed by atoms with E-state index in [1.54, 1.807) is 7.11 Å². The molecule has 0 spiro atoms. The number of rotatable bonds is 9. The Morgan fingerprint density at radius 3 is 2.50 bits per heavy atom. The van der Waals surface area contributed by atoms with Gasteiger partial charge in [0.25, 0.3) is 0 Å². The lowest BCUT2D eigenvalue weighted by Crippen LogP contribution is -2.28. The maximum absolute atomic E-state index is 5.88. The summed E-state index contributed by atoms with van der Waals surface area (Å²) in [5.41, 5.74) is 0. The van der Waals surface area contributed by atoms with Gasteiger partial charge in [-0.3, -0.25) is 0 Å². The highest BCUT2D eigenvalue weighted by Gasteiger charge is 2.22. The molecule has 0 amide bonds. The van der Waals surface area contributed by atoms with Crippen LogP contribution in [0.15, 0.2) is 16.5 Å². The van der Waals surface area contributed by atoms with E-state index >= 15 is 0 Å². The van der Waals surface area contributed by atoms with Gasteiger partial charge in [-0.15, -0.1) is 0 Å². The Kier molecular flexibility index (Phi) is 7.06. The third-order valence-electron chi connectivity index (χ3n) is 3.41. The third-order valence-corrected chi connectivity index (χ3v) is 3.41. The first kappa shape index (κ1) is 15.3. The minimum absolute atomic E-state index is 0.325. The quantitative estimate of drug-likeness (QED) is 0.724. The minimum atomic E-state index is 0.325. The third kappa shape index (κ3) is 4.14. The van der Waals surface area contributed by atoms with E-state index in [0.717, 1.165) is 37.3 Å². The number of hydrogen-bond acceptors (Lipinski definition) is 3. The average molecular weight is 253 g/mol. The molecule has 1 N–H and O–H groups in total. The first-order valence-corrected chi connectivity index (χ1v) is 7.07. The van der Waals surface area contributed by atoms with Gasteiger partial charge in [0, 0.05) is 7.11 Å². The molecule has 1 aromatic rings. The lowest BCUT2D eigenvalue weighted by molar-refractivity contribution is 0.159. The van der Waals surface area contributed by atoms with Crippen LogP contribution in [0.3, 0.4) is 0 Å². The summed E-state index contributed by atoms with van der Waals surface area (Å²) in [7, 11) is 1.69. The van der Waals surface area contributed by atoms with E-state index in [0.29, 0.717) is 18.6 Å². The van der Waals surface area contributed by atoms with Crippen molar-refractivity contribution in [1.29, 1.82) is 0 Å². The molecule has 1 aromatic heterocycles. The van der Waals surface area contributed by atoms with Crippen molar-refractivity contribution in [2.75, 3.05) is 13.7 Å². The SMILES string of the molecule is CCCNC(c1ccc(COC)o1)C(CC)CC. The number of nitrogens with one attached hydrogen (secondary N) is 1. The van der Waals surface area contributed by atoms with Gasteiger partial charge in [0.1, 0.15) is 18.1 Å². The molecule has 1 unspecified atom stereocenters. The Balaban J connectivity index is 2.78. The van der Waals surface area contributed by atoms with Crippen LogP contribution in [-0.2, 0) is 11.3 Å². The zero-order chi connectivity index (χ0) is 13.4. The Morgan fingerprint density at radius 2 is 1.94 bits per heavy atom. The van der Waals surface area contributed by atoms with Crippen LogP contribution in [0.5, 0.6) is 0 Å². The summed E-state index contributed by atoms with van der Waals surface area (Å²) in [6, 6.07) is 4.42. The molecular formula is C15H27NO2. The van der Waals surface area contributed by atoms with Crippen molar-refractivity contribution in [2.45, 2.75) is 52.7 Å². The molecule has 3 nitrogen and oxygen atoms in total. The summed E-state index contributed by atoms with van der Waals surface area (Å²) in [6.07, 6.45) is 3.47. The monoisotopic (exact) mass is 253 g/mol. The van der Waals surface area contributed by atoms with Crippen molar-refractivity contribution in [3.63, 3.8) is 0 Å². The first-order chi connectivity index (χ1) is 8.76. The zero-order valence-corrected chi connectivity index (χ0v) is 12.2. The molecule has 104 valence electrons. The van der Waals surface area contributed by atoms with E-state index in [2.05, 4.69) is 32.2 Å². The Hall–Kier alpha value is -0.800. The van der Waals surface area contributed by atoms with E-state index in [4.69, 9.17) is 9.15 Å². The molecule has 0 aliphatic carbocycles. The Bertz CT molecular complexity index is 318. The summed E-state index contributed by atoms with van der Waals surface area (Å²) in [4.78, 5) is 0. The minimum Gasteiger partial charge on any atom is -0.462 e. The summed E-state index contributed by atoms with van der Waals surface area (Å²) >= 11 is 0. The number of furan rings is 1. The summed E-state index contributed by atoms with van der Waals surface area (Å²) in [5.74, 6) is 2.57. The molecule has 0 bridgehead atoms. The van der Waals surface area contributed by atoms with Gasteiger partial charge in [-0.2, -0.15) is 0 Å². The van der Waals surface area contributed by atoms with Gasteiger partial charge in [0.2, 0.25) is 0 Å². The van der Waals surface area contributed by atoms with Gasteiger partial charge in [-0.1, -0.05) is 33.6 Å². The van der Waals surface area contributed by atoms with Crippen LogP contribution in [0.2, 0.25) is 0 Å². The molecule has 0 aliphatic rings. The summed E-state index contributed by atoms with van der Waals surface area (Å²) in [6.45, 7) is 8.25. The maximum Gasteiger partial charge on any atom is 0.129 e. The summed E-state index contributed by atoms with van der Waals surface area (Å²) in [5, 5.41) is 3.61. The lowest BCUT2D eigenvalue weighted by atomic mass is 9.92. The molecular weight excluding hydrogens is 226 g/mol. The molecule has 0 fully saturated rings. The van der Waals surface area contributed by atoms with E-state index in [9.17, 15) is 0 Å². The topological polar surface area (TPSA) is 34.4 Å². The van der Waals surface area contributed by atoms with Crippen LogP contribution < -0.4 is 5.32 Å². The first-order valence-electron chi connectivity index (χ1n) is 7.07. The lowest BCUT2D eigenvalue weighted by Gasteiger charge is -2.24. The van der Waals surface area contributed by atoms with Crippen molar-refractivity contribution in [3.05, 3.63) is 23.7 Å². The van der Waals surface area contributed by atoms with E-state index in [1.165, 1.54) is 0 Å². The molecule has 0 aromatic carbocycles. The molecule has 1 heterocycles. The number of ether oxygens (including phenoxy) is 1. The normalized spacial score (nSPS) is 13.2. The highest BCUT2D eigenvalue weighted by Crippen LogP contribution is 2.28. The Labute approximate surface area is 111 Å². The van der Waals surface area contributed by atoms with E-state index < -0.39 is 0 Å². The van der Waals surface area contributed by atoms with Gasteiger partial charge >= 0.3 is 0 Å². The molecule has 18 heavy (non-hydrogen) atoms. The van der Waals surface area contributed by atoms with Crippen LogP contribution in [0.1, 0.15) is 57.6 Å². The van der Waals surface area contributed by atoms with Crippen LogP contribution in [-0.4, -0.2) is 13.7 Å². The highest BCUT2D eigenvalue weighted by molar-refractivity contribution is 5.11. The van der Waals surface area contributed by atoms with Gasteiger partial charge in [-0.25, -0.2) is 0 Å². The second-order valence-electron chi connectivity index (χ2n) is 4.75. The van der Waals surface area contributed by atoms with Gasteiger partial charge in [0.15, 0.2) is 0 Å². The standard InChI is InChI=1S/C15H27NO2/c1-5-10-16-15(12(6-2)7-3)14-9-8-13(18-14)11-17-4/h8-9,12,15-16H,5-7,10-11H2,1-4H3. The molecule has 3 heteroatoms. The van der Waals surface area contributed by atoms with Crippen molar-refractivity contribution in [3.8, 4) is 0 Å². The smallest absolute Gasteiger partial charge is 0.129 e. The maximum atomic E-state index is 5.88. The molecule has 0 aliphatic heterocycles. The van der Waals surface area contributed by atoms with E-state index in [1.807, 2.05) is 6.07 Å². The van der Waals surface area contributed by atoms with Gasteiger partial charge in [0.05, 0.1) is 6.04 Å². The largest absolute Gasteiger partial charge is 0.462 e. The van der Waals surface area contributed by atoms with Crippen molar-refractivity contribution >= 4 is 0 Å². The summed E-state index contributed by atoms with van der Waals surface area (Å²) < 4.78 is 11.0. The predicted octanol–water partition coefficient (Wildman–Crippen LogP) is 3.90.